The molecule has 0 amide bonds. The van der Waals surface area contributed by atoms with E-state index in [0.29, 0.717) is 5.75 Å². The molecule has 0 aliphatic carbocycles. The molecule has 15 heavy (non-hydrogen) atoms. The number of thioether (sulfide) groups is 1. The van der Waals surface area contributed by atoms with Crippen molar-refractivity contribution in [2.24, 2.45) is 0 Å². The molecule has 0 rings (SSSR count). The zero-order valence-corrected chi connectivity index (χ0v) is 15.6. The molecule has 0 saturated carbocycles. The summed E-state index contributed by atoms with van der Waals surface area (Å²) in [6.45, 7) is 0. The third-order valence-electron chi connectivity index (χ3n) is 1.05. The fourth-order valence-corrected chi connectivity index (χ4v) is 2.19. The molecule has 9 heteroatoms. The quantitative estimate of drug-likeness (QED) is 0.290. The third-order valence-corrected chi connectivity index (χ3v) is 2.93. The molecule has 0 aromatic carbocycles. The number of esters is 1. The molecule has 0 aromatic rings. The molecule has 0 saturated heterocycles. The molecule has 0 fully saturated rings. The molecule has 0 bridgehead atoms. The Morgan fingerprint density at radius 1 is 1.47 bits per heavy atom. The van der Waals surface area contributed by atoms with Crippen molar-refractivity contribution in [3.8, 4) is 0 Å². The minimum absolute atomic E-state index is 0. The molecular formula is C6H11O5S2Y2-. The van der Waals surface area contributed by atoms with Crippen LogP contribution in [0.3, 0.4) is 0 Å². The Balaban J connectivity index is -0.000000720. The van der Waals surface area contributed by atoms with Crippen LogP contribution in [0.15, 0.2) is 0 Å². The van der Waals surface area contributed by atoms with Gasteiger partial charge in [0.1, 0.15) is 0 Å². The Kier molecular flexibility index (Phi) is 18.0. The van der Waals surface area contributed by atoms with Gasteiger partial charge in [-0.3, -0.25) is 15.8 Å². The molecule has 2 radical (unpaired) electrons. The van der Waals surface area contributed by atoms with Crippen molar-refractivity contribution in [2.45, 2.75) is 0 Å². The van der Waals surface area contributed by atoms with Gasteiger partial charge in [-0.2, -0.15) is 20.2 Å². The number of hydrogen-bond acceptors (Lipinski definition) is 5. The Hall–Kier alpha value is 1.81. The molecule has 0 atom stereocenters. The van der Waals surface area contributed by atoms with E-state index in [1.807, 2.05) is 0 Å². The van der Waals surface area contributed by atoms with Crippen molar-refractivity contribution in [1.29, 1.82) is 0 Å². The van der Waals surface area contributed by atoms with Crippen LogP contribution in [0.5, 0.6) is 0 Å². The summed E-state index contributed by atoms with van der Waals surface area (Å²) in [6, 6.07) is 0. The number of ether oxygens (including phenoxy) is 1. The molecule has 5 nitrogen and oxygen atoms in total. The van der Waals surface area contributed by atoms with Crippen LogP contribution >= 0.6 is 11.8 Å². The number of carbonyl (C=O) groups is 1. The van der Waals surface area contributed by atoms with Crippen LogP contribution in [0, 0.1) is 6.42 Å². The minimum Gasteiger partial charge on any atom is -0.491 e. The van der Waals surface area contributed by atoms with Crippen molar-refractivity contribution in [3.05, 3.63) is 6.42 Å². The average Bonchev–Trinajstić information content (AvgIpc) is 2.01. The van der Waals surface area contributed by atoms with E-state index in [1.165, 1.54) is 25.3 Å². The van der Waals surface area contributed by atoms with Gasteiger partial charge >= 0.3 is 0 Å². The minimum atomic E-state index is -3.88. The predicted octanol–water partition coefficient (Wildman–Crippen LogP) is -0.0203. The van der Waals surface area contributed by atoms with Crippen LogP contribution in [0.2, 0.25) is 0 Å². The van der Waals surface area contributed by atoms with Crippen LogP contribution in [-0.4, -0.2) is 43.3 Å². The van der Waals surface area contributed by atoms with Crippen molar-refractivity contribution in [3.63, 3.8) is 0 Å². The van der Waals surface area contributed by atoms with Crippen molar-refractivity contribution >= 4 is 27.8 Å². The monoisotopic (exact) mass is 405 g/mol. The maximum atomic E-state index is 10.5. The standard InChI is InChI=1S/C6H11O5S2.2Y/c1-11-6(7)2-3-12-4-5-13(8,9)10;;/h2H,3-5H2,1H3,(H,8,9,10);;/q-1;;. The first-order chi connectivity index (χ1) is 5.95. The molecule has 1 N–H and O–H groups in total. The van der Waals surface area contributed by atoms with Gasteiger partial charge in [-0.05, 0) is 0 Å². The molecule has 0 aliphatic rings. The first kappa shape index (κ1) is 22.0. The smallest absolute Gasteiger partial charge is 0.265 e. The van der Waals surface area contributed by atoms with E-state index in [0.717, 1.165) is 0 Å². The van der Waals surface area contributed by atoms with E-state index < -0.39 is 16.1 Å². The SMILES string of the molecule is COC(=O)[CH-]CSCCS(=O)(=O)O.[Y].[Y]. The zero-order valence-electron chi connectivity index (χ0n) is 8.25. The van der Waals surface area contributed by atoms with Gasteiger partial charge in [0.05, 0.1) is 12.9 Å². The second-order valence-corrected chi connectivity index (χ2v) is 4.81. The first-order valence-electron chi connectivity index (χ1n) is 3.40. The zero-order chi connectivity index (χ0) is 10.3. The second kappa shape index (κ2) is 12.3. The normalized spacial score (nSPS) is 9.47. The summed E-state index contributed by atoms with van der Waals surface area (Å²) in [5.74, 6) is -0.111. The van der Waals surface area contributed by atoms with E-state index in [2.05, 4.69) is 4.74 Å². The van der Waals surface area contributed by atoms with Crippen LogP contribution in [0.1, 0.15) is 0 Å². The van der Waals surface area contributed by atoms with E-state index >= 15 is 0 Å². The van der Waals surface area contributed by atoms with Gasteiger partial charge in [0.25, 0.3) is 10.1 Å². The maximum absolute atomic E-state index is 10.5. The summed E-state index contributed by atoms with van der Waals surface area (Å²) in [6.07, 6.45) is 1.30. The maximum Gasteiger partial charge on any atom is 0.265 e. The molecule has 0 unspecified atom stereocenters. The van der Waals surface area contributed by atoms with Crippen LogP contribution in [-0.2, 0) is 85.1 Å². The van der Waals surface area contributed by atoms with Gasteiger partial charge in [-0.15, -0.1) is 5.75 Å². The predicted molar refractivity (Wildman–Crippen MR) is 50.1 cm³/mol. The van der Waals surface area contributed by atoms with Crippen LogP contribution in [0.4, 0.5) is 0 Å². The van der Waals surface area contributed by atoms with Crippen LogP contribution in [0.25, 0.3) is 0 Å². The molecular weight excluding hydrogens is 394 g/mol. The molecule has 84 valence electrons. The Bertz CT molecular complexity index is 254. The molecule has 0 aromatic heterocycles. The van der Waals surface area contributed by atoms with E-state index in [4.69, 9.17) is 4.55 Å². The summed E-state index contributed by atoms with van der Waals surface area (Å²) in [7, 11) is -2.62. The summed E-state index contributed by atoms with van der Waals surface area (Å²) in [4.78, 5) is 10.5. The van der Waals surface area contributed by atoms with Gasteiger partial charge in [0.2, 0.25) is 0 Å². The van der Waals surface area contributed by atoms with Crippen molar-refractivity contribution < 1.29 is 87.9 Å². The van der Waals surface area contributed by atoms with E-state index in [-0.39, 0.29) is 76.9 Å². The molecule has 0 spiro atoms. The molecule has 0 aliphatic heterocycles. The van der Waals surface area contributed by atoms with E-state index in [1.54, 1.807) is 0 Å². The van der Waals surface area contributed by atoms with Gasteiger partial charge in [0, 0.05) is 71.2 Å². The number of methoxy groups -OCH3 is 1. The Morgan fingerprint density at radius 3 is 2.40 bits per heavy atom. The third kappa shape index (κ3) is 18.4. The van der Waals surface area contributed by atoms with Gasteiger partial charge < -0.3 is 4.74 Å². The van der Waals surface area contributed by atoms with Crippen molar-refractivity contribution in [1.82, 2.24) is 0 Å². The van der Waals surface area contributed by atoms with Gasteiger partial charge in [-0.25, -0.2) is 0 Å². The summed E-state index contributed by atoms with van der Waals surface area (Å²) < 4.78 is 33.1. The Labute approximate surface area is 144 Å². The first-order valence-corrected chi connectivity index (χ1v) is 6.16. The van der Waals surface area contributed by atoms with Gasteiger partial charge in [0.15, 0.2) is 5.97 Å². The van der Waals surface area contributed by atoms with Gasteiger partial charge in [-0.1, -0.05) is 0 Å². The number of rotatable bonds is 6. The fourth-order valence-electron chi connectivity index (χ4n) is 0.458. The molecule has 0 heterocycles. The second-order valence-electron chi connectivity index (χ2n) is 2.09. The van der Waals surface area contributed by atoms with Crippen molar-refractivity contribution in [2.75, 3.05) is 24.4 Å². The number of hydrogen-bond donors (Lipinski definition) is 1. The summed E-state index contributed by atoms with van der Waals surface area (Å²) >= 11 is 1.23. The van der Waals surface area contributed by atoms with E-state index in [9.17, 15) is 13.2 Å². The topological polar surface area (TPSA) is 80.7 Å². The van der Waals surface area contributed by atoms with Crippen LogP contribution < -0.4 is 0 Å². The Morgan fingerprint density at radius 2 is 2.00 bits per heavy atom. The largest absolute Gasteiger partial charge is 0.491 e. The average molecular weight is 405 g/mol. The summed E-state index contributed by atoms with van der Waals surface area (Å²) in [5.41, 5.74) is 0. The number of carbonyl (C=O) groups excluding carboxylic acids is 1. The summed E-state index contributed by atoms with van der Waals surface area (Å²) in [5, 5.41) is 0. The fraction of sp³-hybridized carbons (Fsp3) is 0.667.